The maximum absolute atomic E-state index is 12.7. The van der Waals surface area contributed by atoms with E-state index in [1.165, 1.54) is 0 Å². The molecule has 0 saturated carbocycles. The number of unbranched alkanes of at least 4 members (excludes halogenated alkanes) is 2. The molecule has 2 aromatic rings. The lowest BCUT2D eigenvalue weighted by atomic mass is 9.78. The van der Waals surface area contributed by atoms with E-state index in [0.29, 0.717) is 24.4 Å². The molecule has 1 aliphatic rings. The van der Waals surface area contributed by atoms with Gasteiger partial charge >= 0.3 is 5.97 Å². The maximum atomic E-state index is 12.7. The Kier molecular flexibility index (Phi) is 8.50. The Morgan fingerprint density at radius 1 is 1.00 bits per heavy atom. The predicted molar refractivity (Wildman–Crippen MR) is 137 cm³/mol. The molecule has 0 spiro atoms. The van der Waals surface area contributed by atoms with Crippen molar-refractivity contribution in [2.24, 2.45) is 0 Å². The molecule has 7 nitrogen and oxygen atoms in total. The van der Waals surface area contributed by atoms with Crippen molar-refractivity contribution in [3.05, 3.63) is 42.2 Å². The van der Waals surface area contributed by atoms with Crippen LogP contribution in [0, 0.1) is 0 Å². The van der Waals surface area contributed by atoms with E-state index in [-0.39, 0.29) is 23.2 Å². The minimum atomic E-state index is -0.306. The Morgan fingerprint density at radius 3 is 2.15 bits per heavy atom. The van der Waals surface area contributed by atoms with Gasteiger partial charge in [0.15, 0.2) is 0 Å². The van der Waals surface area contributed by atoms with Crippen molar-refractivity contribution in [2.45, 2.75) is 97.2 Å². The molecule has 0 unspecified atom stereocenters. The Hall–Kier alpha value is -2.70. The first-order chi connectivity index (χ1) is 16.2. The number of anilines is 2. The van der Waals surface area contributed by atoms with Crippen LogP contribution in [0.4, 0.5) is 11.9 Å². The van der Waals surface area contributed by atoms with Crippen LogP contribution in [0.5, 0.6) is 0 Å². The van der Waals surface area contributed by atoms with E-state index in [2.05, 4.69) is 61.3 Å². The van der Waals surface area contributed by atoms with E-state index in [4.69, 9.17) is 9.72 Å². The Balaban J connectivity index is 1.82. The van der Waals surface area contributed by atoms with Crippen LogP contribution in [0.15, 0.2) is 36.7 Å². The van der Waals surface area contributed by atoms with Crippen LogP contribution < -0.4 is 9.80 Å². The van der Waals surface area contributed by atoms with Crippen LogP contribution >= 0.6 is 0 Å². The van der Waals surface area contributed by atoms with Gasteiger partial charge in [-0.3, -0.25) is 0 Å². The van der Waals surface area contributed by atoms with Crippen molar-refractivity contribution in [1.82, 2.24) is 15.0 Å². The molecule has 0 aliphatic carbocycles. The number of nitrogens with zero attached hydrogens (tertiary/aromatic N) is 5. The minimum absolute atomic E-state index is 0.180. The number of rotatable bonds is 10. The van der Waals surface area contributed by atoms with Gasteiger partial charge in [-0.25, -0.2) is 14.8 Å². The minimum Gasteiger partial charge on any atom is -0.459 e. The lowest BCUT2D eigenvalue weighted by Gasteiger charge is -2.54. The van der Waals surface area contributed by atoms with Gasteiger partial charge < -0.3 is 14.5 Å². The van der Waals surface area contributed by atoms with Gasteiger partial charge in [0.2, 0.25) is 11.9 Å². The first-order valence-corrected chi connectivity index (χ1v) is 12.7. The van der Waals surface area contributed by atoms with Crippen molar-refractivity contribution < 1.29 is 9.53 Å². The zero-order valence-electron chi connectivity index (χ0n) is 21.8. The number of aromatic nitrogens is 3. The van der Waals surface area contributed by atoms with Crippen LogP contribution in [0.3, 0.4) is 0 Å². The van der Waals surface area contributed by atoms with Crippen molar-refractivity contribution in [3.8, 4) is 0 Å². The van der Waals surface area contributed by atoms with Gasteiger partial charge in [-0.1, -0.05) is 44.9 Å². The molecule has 3 rings (SSSR count). The summed E-state index contributed by atoms with van der Waals surface area (Å²) in [6, 6.07) is 9.20. The molecule has 1 aliphatic heterocycles. The molecule has 1 aromatic heterocycles. The summed E-state index contributed by atoms with van der Waals surface area (Å²) in [5.74, 6) is 1.16. The fraction of sp³-hybridized carbons (Fsp3) is 0.630. The highest BCUT2D eigenvalue weighted by Gasteiger charge is 2.48. The second kappa shape index (κ2) is 11.2. The molecule has 2 heterocycles. The summed E-state index contributed by atoms with van der Waals surface area (Å²) in [5, 5.41) is 0. The molecule has 0 radical (unpaired) electrons. The summed E-state index contributed by atoms with van der Waals surface area (Å²) >= 11 is 0. The van der Waals surface area contributed by atoms with E-state index in [0.717, 1.165) is 44.7 Å². The van der Waals surface area contributed by atoms with Crippen LogP contribution in [0.1, 0.15) is 90.4 Å². The predicted octanol–water partition coefficient (Wildman–Crippen LogP) is 5.66. The third-order valence-electron chi connectivity index (χ3n) is 6.54. The molecule has 1 aromatic carbocycles. The maximum Gasteiger partial charge on any atom is 0.338 e. The third-order valence-corrected chi connectivity index (χ3v) is 6.54. The van der Waals surface area contributed by atoms with Gasteiger partial charge in [-0.15, -0.1) is 0 Å². The molecule has 1 saturated heterocycles. The van der Waals surface area contributed by atoms with Crippen LogP contribution in [-0.4, -0.2) is 51.2 Å². The van der Waals surface area contributed by atoms with E-state index in [9.17, 15) is 4.79 Å². The molecule has 0 bridgehead atoms. The first kappa shape index (κ1) is 25.9. The highest BCUT2D eigenvalue weighted by Crippen LogP contribution is 2.42. The number of piperidine rings is 1. The standard InChI is InChI=1S/C27H41N5O2/c1-7-9-16-31(17-10-8-2)24-28-20-29-25(30-24)32-26(3,4)18-22(19-27(32,5)6)34-23(33)21-14-12-11-13-15-21/h11-15,20,22H,7-10,16-19H2,1-6H3. The van der Waals surface area contributed by atoms with Crippen molar-refractivity contribution in [3.63, 3.8) is 0 Å². The summed E-state index contributed by atoms with van der Waals surface area (Å²) < 4.78 is 5.96. The number of ether oxygens (including phenoxy) is 1. The van der Waals surface area contributed by atoms with Gasteiger partial charge in [-0.2, -0.15) is 4.98 Å². The normalized spacial score (nSPS) is 17.4. The first-order valence-electron chi connectivity index (χ1n) is 12.7. The number of carbonyl (C=O) groups excluding carboxylic acids is 1. The quantitative estimate of drug-likeness (QED) is 0.417. The average Bonchev–Trinajstić information content (AvgIpc) is 2.78. The monoisotopic (exact) mass is 467 g/mol. The van der Waals surface area contributed by atoms with Crippen molar-refractivity contribution in [1.29, 1.82) is 0 Å². The average molecular weight is 468 g/mol. The van der Waals surface area contributed by atoms with E-state index in [1.807, 2.05) is 18.2 Å². The molecule has 7 heteroatoms. The molecule has 0 amide bonds. The molecule has 34 heavy (non-hydrogen) atoms. The van der Waals surface area contributed by atoms with Gasteiger partial charge in [-0.05, 0) is 52.7 Å². The number of carbonyl (C=O) groups is 1. The fourth-order valence-corrected chi connectivity index (χ4v) is 5.16. The summed E-state index contributed by atoms with van der Waals surface area (Å²) in [4.78, 5) is 31.4. The van der Waals surface area contributed by atoms with Gasteiger partial charge in [0.25, 0.3) is 0 Å². The number of esters is 1. The van der Waals surface area contributed by atoms with E-state index < -0.39 is 0 Å². The highest BCUT2D eigenvalue weighted by atomic mass is 16.5. The SMILES string of the molecule is CCCCN(CCCC)c1ncnc(N2C(C)(C)CC(OC(=O)c3ccccc3)CC2(C)C)n1. The molecule has 0 atom stereocenters. The number of hydrogen-bond acceptors (Lipinski definition) is 7. The van der Waals surface area contributed by atoms with E-state index in [1.54, 1.807) is 18.5 Å². The number of benzene rings is 1. The lowest BCUT2D eigenvalue weighted by molar-refractivity contribution is 0.00315. The zero-order valence-corrected chi connectivity index (χ0v) is 21.8. The molecule has 0 N–H and O–H groups in total. The summed E-state index contributed by atoms with van der Waals surface area (Å²) in [7, 11) is 0. The smallest absolute Gasteiger partial charge is 0.338 e. The van der Waals surface area contributed by atoms with Gasteiger partial charge in [0, 0.05) is 37.0 Å². The molecule has 186 valence electrons. The Morgan fingerprint density at radius 2 is 1.59 bits per heavy atom. The van der Waals surface area contributed by atoms with Crippen molar-refractivity contribution in [2.75, 3.05) is 22.9 Å². The molecular formula is C27H41N5O2. The third kappa shape index (κ3) is 6.24. The second-order valence-electron chi connectivity index (χ2n) is 10.5. The molecular weight excluding hydrogens is 426 g/mol. The topological polar surface area (TPSA) is 71.5 Å². The Labute approximate surface area is 205 Å². The van der Waals surface area contributed by atoms with Gasteiger partial charge in [0.05, 0.1) is 5.56 Å². The fourth-order valence-electron chi connectivity index (χ4n) is 5.16. The zero-order chi connectivity index (χ0) is 24.8. The van der Waals surface area contributed by atoms with E-state index >= 15 is 0 Å². The number of hydrogen-bond donors (Lipinski definition) is 0. The summed E-state index contributed by atoms with van der Waals surface area (Å²) in [6.07, 6.45) is 7.35. The highest BCUT2D eigenvalue weighted by molar-refractivity contribution is 5.89. The van der Waals surface area contributed by atoms with Crippen LogP contribution in [-0.2, 0) is 4.74 Å². The Bertz CT molecular complexity index is 906. The molecule has 1 fully saturated rings. The lowest BCUT2D eigenvalue weighted by Crippen LogP contribution is -2.63. The van der Waals surface area contributed by atoms with Crippen molar-refractivity contribution >= 4 is 17.9 Å². The summed E-state index contributed by atoms with van der Waals surface area (Å²) in [6.45, 7) is 15.0. The summed E-state index contributed by atoms with van der Waals surface area (Å²) in [5.41, 5.74) is -0.0267. The largest absolute Gasteiger partial charge is 0.459 e. The van der Waals surface area contributed by atoms with Gasteiger partial charge in [0.1, 0.15) is 12.4 Å². The van der Waals surface area contributed by atoms with Crippen LogP contribution in [0.2, 0.25) is 0 Å². The van der Waals surface area contributed by atoms with Crippen LogP contribution in [0.25, 0.3) is 0 Å². The second-order valence-corrected chi connectivity index (χ2v) is 10.5.